The van der Waals surface area contributed by atoms with Gasteiger partial charge < -0.3 is 4.74 Å². The summed E-state index contributed by atoms with van der Waals surface area (Å²) >= 11 is 7.70. The lowest BCUT2D eigenvalue weighted by Crippen LogP contribution is -2.14. The molecule has 1 aromatic heterocycles. The van der Waals surface area contributed by atoms with Crippen LogP contribution in [0.25, 0.3) is 10.2 Å². The largest absolute Gasteiger partial charge is 0.497 e. The molecular weight excluding hydrogens is 404 g/mol. The Balaban J connectivity index is 1.71. The van der Waals surface area contributed by atoms with Crippen LogP contribution in [-0.2, 0) is 16.4 Å². The standard InChI is InChI=1S/C19H21ClN2O3S2/c1-12(19-22-16-11-14(20)6-8-17(16)26-19)4-3-5-13-10-15(25-2)7-9-18(13)27(21,23)24/h6-12H,3-5H2,1-2H3,(H2,21,23,24). The third-order valence-electron chi connectivity index (χ3n) is 4.45. The van der Waals surface area contributed by atoms with Crippen LogP contribution in [-0.4, -0.2) is 20.5 Å². The zero-order valence-corrected chi connectivity index (χ0v) is 17.5. The van der Waals surface area contributed by atoms with Gasteiger partial charge in [-0.15, -0.1) is 11.3 Å². The average Bonchev–Trinajstić information content (AvgIpc) is 3.03. The number of rotatable bonds is 7. The zero-order chi connectivity index (χ0) is 19.6. The number of thiazole rings is 1. The normalized spacial score (nSPS) is 13.0. The van der Waals surface area contributed by atoms with Crippen molar-refractivity contribution in [3.8, 4) is 5.75 Å². The number of halogens is 1. The first-order chi connectivity index (χ1) is 12.8. The van der Waals surface area contributed by atoms with E-state index in [9.17, 15) is 8.42 Å². The van der Waals surface area contributed by atoms with E-state index >= 15 is 0 Å². The molecule has 0 radical (unpaired) electrons. The number of hydrogen-bond acceptors (Lipinski definition) is 5. The summed E-state index contributed by atoms with van der Waals surface area (Å²) in [5.41, 5.74) is 1.60. The fourth-order valence-electron chi connectivity index (χ4n) is 3.01. The maximum absolute atomic E-state index is 11.8. The summed E-state index contributed by atoms with van der Waals surface area (Å²) in [6.45, 7) is 2.13. The van der Waals surface area contributed by atoms with Gasteiger partial charge in [-0.25, -0.2) is 18.5 Å². The smallest absolute Gasteiger partial charge is 0.238 e. The molecule has 0 aliphatic rings. The minimum absolute atomic E-state index is 0.158. The summed E-state index contributed by atoms with van der Waals surface area (Å²) in [5.74, 6) is 0.887. The van der Waals surface area contributed by atoms with Crippen LogP contribution in [0, 0.1) is 0 Å². The minimum atomic E-state index is -3.76. The lowest BCUT2D eigenvalue weighted by Gasteiger charge is -2.12. The Bertz CT molecular complexity index is 1060. The Kier molecular flexibility index (Phi) is 6.05. The fraction of sp³-hybridized carbons (Fsp3) is 0.316. The van der Waals surface area contributed by atoms with E-state index in [0.717, 1.165) is 28.1 Å². The lowest BCUT2D eigenvalue weighted by atomic mass is 10.0. The Morgan fingerprint density at radius 1 is 1.26 bits per heavy atom. The van der Waals surface area contributed by atoms with E-state index in [1.165, 1.54) is 6.07 Å². The Morgan fingerprint density at radius 2 is 2.04 bits per heavy atom. The van der Waals surface area contributed by atoms with E-state index in [1.54, 1.807) is 30.6 Å². The average molecular weight is 425 g/mol. The number of nitrogens with zero attached hydrogens (tertiary/aromatic N) is 1. The van der Waals surface area contributed by atoms with Crippen molar-refractivity contribution in [1.82, 2.24) is 4.98 Å². The predicted octanol–water partition coefficient (Wildman–Crippen LogP) is 4.73. The van der Waals surface area contributed by atoms with Crippen LogP contribution >= 0.6 is 22.9 Å². The molecule has 5 nitrogen and oxygen atoms in total. The zero-order valence-electron chi connectivity index (χ0n) is 15.1. The number of sulfonamides is 1. The van der Waals surface area contributed by atoms with E-state index in [-0.39, 0.29) is 10.8 Å². The summed E-state index contributed by atoms with van der Waals surface area (Å²) in [6, 6.07) is 10.6. The number of methoxy groups -OCH3 is 1. The first-order valence-corrected chi connectivity index (χ1v) is 11.3. The molecule has 0 fully saturated rings. The number of aromatic nitrogens is 1. The molecule has 0 amide bonds. The first-order valence-electron chi connectivity index (χ1n) is 8.53. The molecule has 0 aliphatic heterocycles. The van der Waals surface area contributed by atoms with Crippen LogP contribution in [0.4, 0.5) is 0 Å². The van der Waals surface area contributed by atoms with Gasteiger partial charge >= 0.3 is 0 Å². The molecule has 1 unspecified atom stereocenters. The van der Waals surface area contributed by atoms with E-state index < -0.39 is 10.0 Å². The quantitative estimate of drug-likeness (QED) is 0.594. The number of hydrogen-bond donors (Lipinski definition) is 1. The second-order valence-corrected chi connectivity index (χ2v) is 9.50. The van der Waals surface area contributed by atoms with Gasteiger partial charge in [-0.1, -0.05) is 18.5 Å². The SMILES string of the molecule is COc1ccc(S(N)(=O)=O)c(CCCC(C)c2nc3cc(Cl)ccc3s2)c1. The summed E-state index contributed by atoms with van der Waals surface area (Å²) < 4.78 is 30.0. The monoisotopic (exact) mass is 424 g/mol. The summed E-state index contributed by atoms with van der Waals surface area (Å²) in [6.07, 6.45) is 2.30. The van der Waals surface area contributed by atoms with Crippen molar-refractivity contribution in [3.05, 3.63) is 52.0 Å². The second-order valence-electron chi connectivity index (χ2n) is 6.48. The predicted molar refractivity (Wildman–Crippen MR) is 110 cm³/mol. The van der Waals surface area contributed by atoms with Gasteiger partial charge in [-0.3, -0.25) is 0 Å². The third-order valence-corrected chi connectivity index (χ3v) is 6.96. The van der Waals surface area contributed by atoms with Crippen molar-refractivity contribution in [2.75, 3.05) is 7.11 Å². The molecule has 2 aromatic carbocycles. The molecule has 0 spiro atoms. The highest BCUT2D eigenvalue weighted by Gasteiger charge is 2.16. The highest BCUT2D eigenvalue weighted by molar-refractivity contribution is 7.89. The number of benzene rings is 2. The molecule has 144 valence electrons. The van der Waals surface area contributed by atoms with E-state index in [0.29, 0.717) is 22.8 Å². The van der Waals surface area contributed by atoms with E-state index in [4.69, 9.17) is 21.5 Å². The van der Waals surface area contributed by atoms with Crippen LogP contribution in [0.5, 0.6) is 5.75 Å². The summed E-state index contributed by atoms with van der Waals surface area (Å²) in [4.78, 5) is 4.84. The van der Waals surface area contributed by atoms with Crippen LogP contribution < -0.4 is 9.88 Å². The van der Waals surface area contributed by atoms with Gasteiger partial charge in [0.25, 0.3) is 0 Å². The van der Waals surface area contributed by atoms with Gasteiger partial charge in [-0.05, 0) is 61.2 Å². The second kappa shape index (κ2) is 8.14. The van der Waals surface area contributed by atoms with Gasteiger partial charge in [0.05, 0.1) is 27.2 Å². The van der Waals surface area contributed by atoms with Crippen LogP contribution in [0.15, 0.2) is 41.3 Å². The van der Waals surface area contributed by atoms with Gasteiger partial charge in [0.2, 0.25) is 10.0 Å². The minimum Gasteiger partial charge on any atom is -0.497 e. The molecule has 1 heterocycles. The van der Waals surface area contributed by atoms with Crippen LogP contribution in [0.1, 0.15) is 36.3 Å². The Hall–Kier alpha value is -1.67. The molecule has 0 aliphatic carbocycles. The summed E-state index contributed by atoms with van der Waals surface area (Å²) in [5, 5.41) is 7.08. The lowest BCUT2D eigenvalue weighted by molar-refractivity contribution is 0.413. The van der Waals surface area contributed by atoms with Crippen LogP contribution in [0.2, 0.25) is 5.02 Å². The van der Waals surface area contributed by atoms with Crippen molar-refractivity contribution in [2.45, 2.75) is 37.0 Å². The highest BCUT2D eigenvalue weighted by Crippen LogP contribution is 2.32. The molecule has 3 rings (SSSR count). The van der Waals surface area contributed by atoms with E-state index in [1.807, 2.05) is 18.2 Å². The number of fused-ring (bicyclic) bond motifs is 1. The maximum atomic E-state index is 11.8. The van der Waals surface area contributed by atoms with E-state index in [2.05, 4.69) is 11.9 Å². The third kappa shape index (κ3) is 4.79. The number of aryl methyl sites for hydroxylation is 1. The Morgan fingerprint density at radius 3 is 2.74 bits per heavy atom. The first kappa shape index (κ1) is 20.1. The molecule has 8 heteroatoms. The molecule has 3 aromatic rings. The maximum Gasteiger partial charge on any atom is 0.238 e. The molecule has 2 N–H and O–H groups in total. The van der Waals surface area contributed by atoms with Gasteiger partial charge in [0, 0.05) is 10.9 Å². The molecule has 27 heavy (non-hydrogen) atoms. The fourth-order valence-corrected chi connectivity index (χ4v) is 4.99. The topological polar surface area (TPSA) is 82.3 Å². The number of nitrogens with two attached hydrogens (primary N) is 1. The van der Waals surface area contributed by atoms with Gasteiger partial charge in [0.1, 0.15) is 5.75 Å². The van der Waals surface area contributed by atoms with Crippen molar-refractivity contribution in [2.24, 2.45) is 5.14 Å². The van der Waals surface area contributed by atoms with Gasteiger partial charge in [0.15, 0.2) is 0 Å². The molecule has 0 bridgehead atoms. The molecule has 1 atom stereocenters. The van der Waals surface area contributed by atoms with Gasteiger partial charge in [-0.2, -0.15) is 0 Å². The van der Waals surface area contributed by atoms with Crippen molar-refractivity contribution in [3.63, 3.8) is 0 Å². The van der Waals surface area contributed by atoms with Crippen molar-refractivity contribution < 1.29 is 13.2 Å². The van der Waals surface area contributed by atoms with Crippen LogP contribution in [0.3, 0.4) is 0 Å². The molecule has 0 saturated heterocycles. The number of primary sulfonamides is 1. The highest BCUT2D eigenvalue weighted by atomic mass is 35.5. The molecular formula is C19H21ClN2O3S2. The Labute approximate surface area is 168 Å². The molecule has 0 saturated carbocycles. The van der Waals surface area contributed by atoms with Crippen molar-refractivity contribution in [1.29, 1.82) is 0 Å². The number of ether oxygens (including phenoxy) is 1. The summed E-state index contributed by atoms with van der Waals surface area (Å²) in [7, 11) is -2.21. The van der Waals surface area contributed by atoms with Crippen molar-refractivity contribution >= 4 is 43.2 Å².